The highest BCUT2D eigenvalue weighted by Gasteiger charge is 2.84. The van der Waals surface area contributed by atoms with E-state index in [1.54, 1.807) is 0 Å². The van der Waals surface area contributed by atoms with Crippen LogP contribution >= 0.6 is 0 Å². The molecule has 0 unspecified atom stereocenters. The molecule has 0 amide bonds. The summed E-state index contributed by atoms with van der Waals surface area (Å²) in [6.07, 6.45) is 7.90. The van der Waals surface area contributed by atoms with Crippen molar-refractivity contribution in [1.82, 2.24) is 0 Å². The van der Waals surface area contributed by atoms with E-state index in [2.05, 4.69) is 26.8 Å². The normalized spacial score (nSPS) is 55.5. The van der Waals surface area contributed by atoms with Crippen molar-refractivity contribution in [1.29, 1.82) is 0 Å². The van der Waals surface area contributed by atoms with Crippen molar-refractivity contribution < 1.29 is 33.9 Å². The summed E-state index contributed by atoms with van der Waals surface area (Å²) in [7, 11) is 0. The Morgan fingerprint density at radius 2 is 1.70 bits per heavy atom. The van der Waals surface area contributed by atoms with Gasteiger partial charge in [-0.2, -0.15) is 0 Å². The van der Waals surface area contributed by atoms with Gasteiger partial charge in [-0.15, -0.1) is 0 Å². The second kappa shape index (κ2) is 6.41. The summed E-state index contributed by atoms with van der Waals surface area (Å²) in [5.74, 6) is -1.21. The fourth-order valence-corrected chi connectivity index (χ4v) is 9.84. The Balaban J connectivity index is 1.28. The molecule has 0 bridgehead atoms. The predicted molar refractivity (Wildman–Crippen MR) is 117 cm³/mol. The van der Waals surface area contributed by atoms with Crippen molar-refractivity contribution in [2.24, 2.45) is 28.6 Å². The molecule has 6 fully saturated rings. The summed E-state index contributed by atoms with van der Waals surface area (Å²) in [5, 5.41) is 22.8. The van der Waals surface area contributed by atoms with Crippen LogP contribution in [-0.2, 0) is 23.7 Å². The topological polar surface area (TPSA) is 89.9 Å². The van der Waals surface area contributed by atoms with Gasteiger partial charge in [-0.1, -0.05) is 32.4 Å². The molecule has 3 saturated heterocycles. The van der Waals surface area contributed by atoms with Crippen LogP contribution in [0.25, 0.3) is 0 Å². The van der Waals surface area contributed by atoms with E-state index in [4.69, 9.17) is 23.7 Å². The van der Waals surface area contributed by atoms with Crippen molar-refractivity contribution in [2.75, 3.05) is 33.0 Å². The maximum absolute atomic E-state index is 12.4. The molecule has 0 aromatic rings. The first-order valence-electron chi connectivity index (χ1n) is 13.0. The Kier molecular flexibility index (Phi) is 4.22. The molecule has 3 saturated carbocycles. The van der Waals surface area contributed by atoms with Crippen molar-refractivity contribution in [2.45, 2.75) is 88.2 Å². The SMILES string of the molecule is C[C@@H]1C[C@H]2[C@@H]3CC=C4CC5(CC[C@]4(C)[C@@]34O[C@H]4C[C@]2(C)[C@@]1(O)C1(CO)OCCO1)OCCO5. The van der Waals surface area contributed by atoms with E-state index in [0.717, 1.165) is 38.5 Å². The molecule has 7 aliphatic rings. The van der Waals surface area contributed by atoms with Gasteiger partial charge in [0.2, 0.25) is 5.79 Å². The van der Waals surface area contributed by atoms with E-state index in [0.29, 0.717) is 32.3 Å². The Morgan fingerprint density at radius 1 is 1.00 bits per heavy atom. The van der Waals surface area contributed by atoms with Crippen LogP contribution in [0.1, 0.15) is 59.3 Å². The summed E-state index contributed by atoms with van der Waals surface area (Å²) < 4.78 is 30.9. The molecule has 8 atom stereocenters. The first-order chi connectivity index (χ1) is 15.7. The monoisotopic (exact) mass is 462 g/mol. The molecule has 4 aliphatic carbocycles. The molecular formula is C26H38O7. The molecule has 7 heteroatoms. The lowest BCUT2D eigenvalue weighted by Gasteiger charge is -2.59. The number of epoxide rings is 1. The number of hydrogen-bond donors (Lipinski definition) is 2. The van der Waals surface area contributed by atoms with Crippen molar-refractivity contribution >= 4 is 0 Å². The molecule has 184 valence electrons. The van der Waals surface area contributed by atoms with Crippen LogP contribution in [-0.4, -0.2) is 72.1 Å². The van der Waals surface area contributed by atoms with Crippen LogP contribution in [0.4, 0.5) is 0 Å². The molecular weight excluding hydrogens is 424 g/mol. The minimum atomic E-state index is -1.35. The summed E-state index contributed by atoms with van der Waals surface area (Å²) >= 11 is 0. The van der Waals surface area contributed by atoms with Gasteiger partial charge in [0.1, 0.15) is 17.8 Å². The minimum absolute atomic E-state index is 0.0263. The average Bonchev–Trinajstić information content (AvgIpc) is 3.12. The quantitative estimate of drug-likeness (QED) is 0.481. The van der Waals surface area contributed by atoms with Crippen molar-refractivity contribution in [3.63, 3.8) is 0 Å². The number of aliphatic hydroxyl groups excluding tert-OH is 1. The maximum atomic E-state index is 12.4. The number of hydrogen-bond acceptors (Lipinski definition) is 7. The molecule has 0 aromatic carbocycles. The number of fused-ring (bicyclic) bond motifs is 3. The van der Waals surface area contributed by atoms with Crippen LogP contribution < -0.4 is 0 Å². The molecule has 7 nitrogen and oxygen atoms in total. The van der Waals surface area contributed by atoms with E-state index in [1.165, 1.54) is 5.57 Å². The Bertz CT molecular complexity index is 891. The molecule has 0 radical (unpaired) electrons. The number of ether oxygens (including phenoxy) is 5. The molecule has 2 spiro atoms. The van der Waals surface area contributed by atoms with Gasteiger partial charge in [-0.05, 0) is 43.4 Å². The standard InChI is InChI=1S/C26H38O7/c1-16-12-19-18-5-4-17-13-23(29-8-9-30-23)7-6-21(17,2)25(18)20(33-25)14-22(19,3)26(16,28)24(15-27)31-10-11-32-24/h4,16,18-20,27-28H,5-15H2,1-3H3/t16-,18+,19+,20+,21+,22+,25-,26-/m1/s1. The zero-order chi connectivity index (χ0) is 22.9. The first kappa shape index (κ1) is 21.7. The zero-order valence-electron chi connectivity index (χ0n) is 20.1. The van der Waals surface area contributed by atoms with Gasteiger partial charge in [0.05, 0.1) is 32.5 Å². The molecule has 7 rings (SSSR count). The van der Waals surface area contributed by atoms with Crippen molar-refractivity contribution in [3.05, 3.63) is 11.6 Å². The number of aliphatic hydroxyl groups is 2. The summed E-state index contributed by atoms with van der Waals surface area (Å²) in [6.45, 7) is 8.55. The number of allylic oxidation sites excluding steroid dienone is 1. The fraction of sp³-hybridized carbons (Fsp3) is 0.923. The van der Waals surface area contributed by atoms with E-state index in [-0.39, 0.29) is 35.6 Å². The van der Waals surface area contributed by atoms with Crippen LogP contribution in [0.5, 0.6) is 0 Å². The predicted octanol–water partition coefficient (Wildman–Crippen LogP) is 2.54. The highest BCUT2D eigenvalue weighted by Crippen LogP contribution is 2.78. The summed E-state index contributed by atoms with van der Waals surface area (Å²) in [5.41, 5.74) is -0.475. The maximum Gasteiger partial charge on any atom is 0.222 e. The van der Waals surface area contributed by atoms with E-state index in [1.807, 2.05) is 0 Å². The van der Waals surface area contributed by atoms with Gasteiger partial charge >= 0.3 is 0 Å². The summed E-state index contributed by atoms with van der Waals surface area (Å²) in [6, 6.07) is 0. The average molecular weight is 463 g/mol. The summed E-state index contributed by atoms with van der Waals surface area (Å²) in [4.78, 5) is 0. The van der Waals surface area contributed by atoms with Gasteiger partial charge in [0, 0.05) is 23.7 Å². The van der Waals surface area contributed by atoms with Gasteiger partial charge in [-0.3, -0.25) is 0 Å². The molecule has 0 aromatic heterocycles. The van der Waals surface area contributed by atoms with E-state index >= 15 is 0 Å². The molecule has 33 heavy (non-hydrogen) atoms. The lowest BCUT2D eigenvalue weighted by Crippen LogP contribution is -2.69. The number of rotatable bonds is 2. The fourth-order valence-electron chi connectivity index (χ4n) is 9.84. The second-order valence-corrected chi connectivity index (χ2v) is 12.3. The molecule has 3 heterocycles. The van der Waals surface area contributed by atoms with E-state index < -0.39 is 22.6 Å². The Hall–Kier alpha value is -0.540. The first-order valence-corrected chi connectivity index (χ1v) is 13.0. The molecule has 3 aliphatic heterocycles. The van der Waals surface area contributed by atoms with Crippen LogP contribution in [0.3, 0.4) is 0 Å². The smallest absolute Gasteiger partial charge is 0.222 e. The Labute approximate surface area is 195 Å². The molecule has 2 N–H and O–H groups in total. The van der Waals surface area contributed by atoms with Crippen LogP contribution in [0.15, 0.2) is 11.6 Å². The minimum Gasteiger partial charge on any atom is -0.391 e. The van der Waals surface area contributed by atoms with Crippen molar-refractivity contribution in [3.8, 4) is 0 Å². The largest absolute Gasteiger partial charge is 0.391 e. The lowest BCUT2D eigenvalue weighted by atomic mass is 9.46. The Morgan fingerprint density at radius 3 is 2.39 bits per heavy atom. The third-order valence-corrected chi connectivity index (χ3v) is 11.4. The highest BCUT2D eigenvalue weighted by atomic mass is 16.8. The third-order valence-electron chi connectivity index (χ3n) is 11.4. The van der Waals surface area contributed by atoms with Gasteiger partial charge in [0.15, 0.2) is 5.79 Å². The van der Waals surface area contributed by atoms with Gasteiger partial charge in [0.25, 0.3) is 0 Å². The third kappa shape index (κ3) is 2.24. The van der Waals surface area contributed by atoms with Crippen LogP contribution in [0, 0.1) is 28.6 Å². The van der Waals surface area contributed by atoms with E-state index in [9.17, 15) is 10.2 Å². The zero-order valence-corrected chi connectivity index (χ0v) is 20.1. The van der Waals surface area contributed by atoms with Gasteiger partial charge < -0.3 is 33.9 Å². The second-order valence-electron chi connectivity index (χ2n) is 12.3. The lowest BCUT2D eigenvalue weighted by molar-refractivity contribution is -0.328. The van der Waals surface area contributed by atoms with Gasteiger partial charge in [-0.25, -0.2) is 0 Å². The van der Waals surface area contributed by atoms with Crippen LogP contribution in [0.2, 0.25) is 0 Å². The highest BCUT2D eigenvalue weighted by molar-refractivity contribution is 5.39.